The average Bonchev–Trinajstić information content (AvgIpc) is 2.00. The Labute approximate surface area is 88.6 Å². The van der Waals surface area contributed by atoms with Crippen LogP contribution in [0.3, 0.4) is 0 Å². The second-order valence-corrected chi connectivity index (χ2v) is 5.64. The zero-order chi connectivity index (χ0) is 10.6. The van der Waals surface area contributed by atoms with E-state index in [4.69, 9.17) is 5.73 Å². The van der Waals surface area contributed by atoms with Crippen molar-refractivity contribution < 1.29 is 0 Å². The van der Waals surface area contributed by atoms with E-state index >= 15 is 0 Å². The fourth-order valence-corrected chi connectivity index (χ4v) is 2.33. The van der Waals surface area contributed by atoms with Crippen LogP contribution in [0.25, 0.3) is 0 Å². The summed E-state index contributed by atoms with van der Waals surface area (Å²) < 4.78 is 0. The summed E-state index contributed by atoms with van der Waals surface area (Å²) in [5.74, 6) is 0.849. The Kier molecular flexibility index (Phi) is 4.39. The van der Waals surface area contributed by atoms with Crippen molar-refractivity contribution in [3.05, 3.63) is 0 Å². The number of nitrogens with two attached hydrogens (primary N) is 1. The van der Waals surface area contributed by atoms with Gasteiger partial charge in [-0.3, -0.25) is 0 Å². The maximum absolute atomic E-state index is 5.75. The molecule has 0 radical (unpaired) electrons. The first kappa shape index (κ1) is 12.0. The van der Waals surface area contributed by atoms with E-state index in [2.05, 4.69) is 26.1 Å². The largest absolute Gasteiger partial charge is 0.328 e. The second-order valence-electron chi connectivity index (χ2n) is 5.64. The average molecular weight is 198 g/mol. The standard InChI is InChI=1S/C12H26N2/c1-4-5-12(2,3)9-14-8-10-6-11(13)7-10/h10-11,14H,4-9,13H2,1-3H3. The highest BCUT2D eigenvalue weighted by atomic mass is 14.9. The Hall–Kier alpha value is -0.0800. The van der Waals surface area contributed by atoms with Gasteiger partial charge in [0.15, 0.2) is 0 Å². The third kappa shape index (κ3) is 3.97. The summed E-state index contributed by atoms with van der Waals surface area (Å²) in [6.07, 6.45) is 5.04. The van der Waals surface area contributed by atoms with Crippen molar-refractivity contribution in [2.24, 2.45) is 17.1 Å². The lowest BCUT2D eigenvalue weighted by Crippen LogP contribution is -2.43. The van der Waals surface area contributed by atoms with E-state index < -0.39 is 0 Å². The third-order valence-corrected chi connectivity index (χ3v) is 3.24. The molecule has 0 bridgehead atoms. The molecule has 3 N–H and O–H groups in total. The smallest absolute Gasteiger partial charge is 0.00450 e. The van der Waals surface area contributed by atoms with Crippen LogP contribution in [-0.2, 0) is 0 Å². The van der Waals surface area contributed by atoms with Crippen LogP contribution in [-0.4, -0.2) is 19.1 Å². The monoisotopic (exact) mass is 198 g/mol. The van der Waals surface area contributed by atoms with Crippen molar-refractivity contribution in [3.8, 4) is 0 Å². The van der Waals surface area contributed by atoms with E-state index in [1.54, 1.807) is 0 Å². The molecule has 0 heterocycles. The molecule has 0 aromatic heterocycles. The molecule has 0 aliphatic heterocycles. The molecule has 1 saturated carbocycles. The van der Waals surface area contributed by atoms with Crippen LogP contribution in [0.4, 0.5) is 0 Å². The van der Waals surface area contributed by atoms with Crippen LogP contribution < -0.4 is 11.1 Å². The fourth-order valence-electron chi connectivity index (χ4n) is 2.33. The third-order valence-electron chi connectivity index (χ3n) is 3.24. The van der Waals surface area contributed by atoms with Gasteiger partial charge in [-0.25, -0.2) is 0 Å². The van der Waals surface area contributed by atoms with E-state index in [1.807, 2.05) is 0 Å². The first-order chi connectivity index (χ1) is 6.53. The molecule has 0 atom stereocenters. The predicted octanol–water partition coefficient (Wildman–Crippen LogP) is 2.14. The number of hydrogen-bond donors (Lipinski definition) is 2. The first-order valence-corrected chi connectivity index (χ1v) is 6.00. The van der Waals surface area contributed by atoms with E-state index in [1.165, 1.54) is 32.2 Å². The quantitative estimate of drug-likeness (QED) is 0.686. The summed E-state index contributed by atoms with van der Waals surface area (Å²) in [4.78, 5) is 0. The van der Waals surface area contributed by atoms with Crippen LogP contribution >= 0.6 is 0 Å². The maximum Gasteiger partial charge on any atom is 0.00450 e. The number of nitrogens with one attached hydrogen (secondary N) is 1. The molecule has 0 aromatic rings. The molecule has 0 amide bonds. The molecular formula is C12H26N2. The van der Waals surface area contributed by atoms with Gasteiger partial charge in [0.1, 0.15) is 0 Å². The SMILES string of the molecule is CCCC(C)(C)CNCC1CC(N)C1. The first-order valence-electron chi connectivity index (χ1n) is 6.00. The molecule has 1 fully saturated rings. The molecule has 2 heteroatoms. The highest BCUT2D eigenvalue weighted by Gasteiger charge is 2.25. The Morgan fingerprint density at radius 1 is 1.36 bits per heavy atom. The molecule has 1 rings (SSSR count). The molecule has 84 valence electrons. The van der Waals surface area contributed by atoms with Crippen molar-refractivity contribution in [1.29, 1.82) is 0 Å². The molecule has 0 spiro atoms. The Morgan fingerprint density at radius 3 is 2.50 bits per heavy atom. The molecule has 0 unspecified atom stereocenters. The lowest BCUT2D eigenvalue weighted by atomic mass is 9.80. The van der Waals surface area contributed by atoms with Crippen LogP contribution in [0.2, 0.25) is 0 Å². The molecule has 0 saturated heterocycles. The summed E-state index contributed by atoms with van der Waals surface area (Å²) in [5.41, 5.74) is 6.21. The maximum atomic E-state index is 5.75. The molecule has 1 aliphatic carbocycles. The Bertz CT molecular complexity index is 160. The van der Waals surface area contributed by atoms with Crippen molar-refractivity contribution in [1.82, 2.24) is 5.32 Å². The lowest BCUT2D eigenvalue weighted by molar-refractivity contribution is 0.235. The van der Waals surface area contributed by atoms with Crippen molar-refractivity contribution in [2.45, 2.75) is 52.5 Å². The van der Waals surface area contributed by atoms with Crippen molar-refractivity contribution >= 4 is 0 Å². The highest BCUT2D eigenvalue weighted by molar-refractivity contribution is 4.84. The van der Waals surface area contributed by atoms with E-state index in [0.29, 0.717) is 11.5 Å². The lowest BCUT2D eigenvalue weighted by Gasteiger charge is -2.34. The van der Waals surface area contributed by atoms with Gasteiger partial charge < -0.3 is 11.1 Å². The van der Waals surface area contributed by atoms with Gasteiger partial charge in [0.2, 0.25) is 0 Å². The van der Waals surface area contributed by atoms with E-state index in [-0.39, 0.29) is 0 Å². The predicted molar refractivity (Wildman–Crippen MR) is 62.3 cm³/mol. The number of rotatable bonds is 6. The minimum Gasteiger partial charge on any atom is -0.328 e. The van der Waals surface area contributed by atoms with Gasteiger partial charge in [0.25, 0.3) is 0 Å². The zero-order valence-corrected chi connectivity index (χ0v) is 9.97. The summed E-state index contributed by atoms with van der Waals surface area (Å²) >= 11 is 0. The molecule has 1 aliphatic rings. The Morgan fingerprint density at radius 2 is 2.00 bits per heavy atom. The number of hydrogen-bond acceptors (Lipinski definition) is 2. The highest BCUT2D eigenvalue weighted by Crippen LogP contribution is 2.25. The summed E-state index contributed by atoms with van der Waals surface area (Å²) in [6, 6.07) is 0.491. The van der Waals surface area contributed by atoms with Gasteiger partial charge in [-0.2, -0.15) is 0 Å². The minimum absolute atomic E-state index is 0.459. The fraction of sp³-hybridized carbons (Fsp3) is 1.00. The molecule has 0 aromatic carbocycles. The van der Waals surface area contributed by atoms with Crippen LogP contribution in [0.15, 0.2) is 0 Å². The molecule has 2 nitrogen and oxygen atoms in total. The second kappa shape index (κ2) is 5.13. The topological polar surface area (TPSA) is 38.0 Å². The molecule has 14 heavy (non-hydrogen) atoms. The van der Waals surface area contributed by atoms with Gasteiger partial charge in [-0.15, -0.1) is 0 Å². The van der Waals surface area contributed by atoms with Crippen molar-refractivity contribution in [3.63, 3.8) is 0 Å². The van der Waals surface area contributed by atoms with Crippen LogP contribution in [0, 0.1) is 11.3 Å². The van der Waals surface area contributed by atoms with Gasteiger partial charge in [-0.05, 0) is 37.1 Å². The van der Waals surface area contributed by atoms with E-state index in [0.717, 1.165) is 12.5 Å². The Balaban J connectivity index is 2.03. The molecular weight excluding hydrogens is 172 g/mol. The minimum atomic E-state index is 0.459. The summed E-state index contributed by atoms with van der Waals surface area (Å²) in [7, 11) is 0. The zero-order valence-electron chi connectivity index (χ0n) is 9.97. The van der Waals surface area contributed by atoms with Gasteiger partial charge in [0.05, 0.1) is 0 Å². The van der Waals surface area contributed by atoms with Crippen LogP contribution in [0.5, 0.6) is 0 Å². The van der Waals surface area contributed by atoms with Crippen LogP contribution in [0.1, 0.15) is 46.5 Å². The van der Waals surface area contributed by atoms with E-state index in [9.17, 15) is 0 Å². The van der Waals surface area contributed by atoms with Crippen molar-refractivity contribution in [2.75, 3.05) is 13.1 Å². The van der Waals surface area contributed by atoms with Gasteiger partial charge in [-0.1, -0.05) is 27.2 Å². The summed E-state index contributed by atoms with van der Waals surface area (Å²) in [5, 5.41) is 3.58. The summed E-state index contributed by atoms with van der Waals surface area (Å²) in [6.45, 7) is 9.26. The normalized spacial score (nSPS) is 27.4. The van der Waals surface area contributed by atoms with Gasteiger partial charge in [0, 0.05) is 12.6 Å². The van der Waals surface area contributed by atoms with Gasteiger partial charge >= 0.3 is 0 Å².